The molecule has 0 radical (unpaired) electrons. The van der Waals surface area contributed by atoms with Crippen molar-refractivity contribution in [3.05, 3.63) is 176 Å². The summed E-state index contributed by atoms with van der Waals surface area (Å²) in [4.78, 5) is 7.98. The molecule has 0 spiro atoms. The minimum atomic E-state index is -4.40. The van der Waals surface area contributed by atoms with E-state index < -0.39 is 35.7 Å². The fourth-order valence-electron chi connectivity index (χ4n) is 5.25. The van der Waals surface area contributed by atoms with Gasteiger partial charge in [-0.25, -0.2) is 9.97 Å². The number of benzene rings is 4. The first-order valence-corrected chi connectivity index (χ1v) is 17.5. The van der Waals surface area contributed by atoms with Crippen LogP contribution in [0.5, 0.6) is 0 Å². The van der Waals surface area contributed by atoms with Crippen molar-refractivity contribution in [2.45, 2.75) is 50.9 Å². The summed E-state index contributed by atoms with van der Waals surface area (Å²) in [6.45, 7) is 0.811. The summed E-state index contributed by atoms with van der Waals surface area (Å²) in [5, 5.41) is 1.83. The molecule has 0 fully saturated rings. The lowest BCUT2D eigenvalue weighted by Gasteiger charge is -2.21. The zero-order chi connectivity index (χ0) is 38.9. The zero-order valence-electron chi connectivity index (χ0n) is 27.9. The van der Waals surface area contributed by atoms with Crippen LogP contribution in [0.2, 0.25) is 20.1 Å². The Balaban J connectivity index is 0.000000208. The molecule has 0 bridgehead atoms. The van der Waals surface area contributed by atoms with E-state index in [2.05, 4.69) is 9.97 Å². The summed E-state index contributed by atoms with van der Waals surface area (Å²) in [6.07, 6.45) is 0.291. The second-order valence-corrected chi connectivity index (χ2v) is 13.5. The van der Waals surface area contributed by atoms with Gasteiger partial charge in [0.1, 0.15) is 12.2 Å². The van der Waals surface area contributed by atoms with Crippen LogP contribution in [-0.2, 0) is 48.1 Å². The lowest BCUT2D eigenvalue weighted by molar-refractivity contribution is -0.138. The molecule has 54 heavy (non-hydrogen) atoms. The predicted molar refractivity (Wildman–Crippen MR) is 195 cm³/mol. The fraction of sp³-hybridized carbons (Fsp3) is 0.211. The quantitative estimate of drug-likeness (QED) is 0.115. The highest BCUT2D eigenvalue weighted by Crippen LogP contribution is 2.34. The van der Waals surface area contributed by atoms with E-state index in [0.717, 1.165) is 24.3 Å². The number of imidazole rings is 2. The number of halogens is 10. The highest BCUT2D eigenvalue weighted by molar-refractivity contribution is 6.35. The molecule has 2 heterocycles. The molecular formula is C38H30Cl4F6N4O2. The Hall–Kier alpha value is -4.04. The summed E-state index contributed by atoms with van der Waals surface area (Å²) in [6, 6.07) is 20.2. The van der Waals surface area contributed by atoms with Crippen molar-refractivity contribution >= 4 is 46.4 Å². The van der Waals surface area contributed by atoms with Crippen molar-refractivity contribution < 1.29 is 35.8 Å². The number of aromatic nitrogens is 4. The third kappa shape index (κ3) is 12.0. The van der Waals surface area contributed by atoms with Gasteiger partial charge in [0.05, 0.1) is 50.1 Å². The number of nitrogens with zero attached hydrogens (tertiary/aromatic N) is 4. The molecule has 6 nitrogen and oxygen atoms in total. The van der Waals surface area contributed by atoms with E-state index in [-0.39, 0.29) is 13.2 Å². The molecule has 6 aromatic rings. The van der Waals surface area contributed by atoms with Crippen molar-refractivity contribution in [1.82, 2.24) is 19.1 Å². The monoisotopic (exact) mass is 828 g/mol. The van der Waals surface area contributed by atoms with Gasteiger partial charge >= 0.3 is 12.4 Å². The van der Waals surface area contributed by atoms with E-state index in [1.165, 1.54) is 12.1 Å². The van der Waals surface area contributed by atoms with Crippen LogP contribution < -0.4 is 0 Å². The Morgan fingerprint density at radius 1 is 0.556 bits per heavy atom. The van der Waals surface area contributed by atoms with Crippen LogP contribution in [0, 0.1) is 0 Å². The van der Waals surface area contributed by atoms with Gasteiger partial charge in [0.15, 0.2) is 0 Å². The molecule has 0 amide bonds. The van der Waals surface area contributed by atoms with E-state index in [9.17, 15) is 26.3 Å². The van der Waals surface area contributed by atoms with Crippen molar-refractivity contribution in [3.8, 4) is 0 Å². The normalized spacial score (nSPS) is 12.9. The Morgan fingerprint density at radius 3 is 1.30 bits per heavy atom. The largest absolute Gasteiger partial charge is 0.416 e. The highest BCUT2D eigenvalue weighted by Gasteiger charge is 2.31. The van der Waals surface area contributed by atoms with Crippen LogP contribution in [0.3, 0.4) is 0 Å². The predicted octanol–water partition coefficient (Wildman–Crippen LogP) is 12.3. The molecule has 2 aromatic heterocycles. The molecule has 0 aliphatic carbocycles. The maximum atomic E-state index is 12.9. The van der Waals surface area contributed by atoms with Crippen LogP contribution in [0.15, 0.2) is 122 Å². The Bertz CT molecular complexity index is 1950. The Kier molecular flexibility index (Phi) is 14.1. The third-order valence-corrected chi connectivity index (χ3v) is 9.03. The molecule has 0 N–H and O–H groups in total. The first kappa shape index (κ1) is 41.1. The molecule has 0 saturated carbocycles. The van der Waals surface area contributed by atoms with Gasteiger partial charge in [0.25, 0.3) is 0 Å². The third-order valence-electron chi connectivity index (χ3n) is 7.90. The SMILES string of the molecule is FC(F)(F)c1cccc(COC(Cn2ccnc2)c2ccc(Cl)cc2Cl)c1.FC(F)(F)c1cccc(COC(Cn2ccnc2)c2ccc(Cl)cc2Cl)c1. The first-order valence-electron chi connectivity index (χ1n) is 16.0. The number of hydrogen-bond acceptors (Lipinski definition) is 4. The topological polar surface area (TPSA) is 54.1 Å². The summed E-state index contributed by atoms with van der Waals surface area (Å²) >= 11 is 24.5. The molecular weight excluding hydrogens is 800 g/mol. The van der Waals surface area contributed by atoms with Crippen LogP contribution in [0.4, 0.5) is 26.3 Å². The van der Waals surface area contributed by atoms with Crippen molar-refractivity contribution in [2.24, 2.45) is 0 Å². The molecule has 0 saturated heterocycles. The molecule has 0 aliphatic heterocycles. The lowest BCUT2D eigenvalue weighted by atomic mass is 10.1. The smallest absolute Gasteiger partial charge is 0.367 e. The van der Waals surface area contributed by atoms with Gasteiger partial charge in [-0.2, -0.15) is 26.3 Å². The summed E-state index contributed by atoms with van der Waals surface area (Å²) in [5.74, 6) is 0. The van der Waals surface area contributed by atoms with Crippen molar-refractivity contribution in [2.75, 3.05) is 0 Å². The second-order valence-electron chi connectivity index (χ2n) is 11.8. The Morgan fingerprint density at radius 2 is 0.963 bits per heavy atom. The molecule has 4 aromatic carbocycles. The van der Waals surface area contributed by atoms with Crippen LogP contribution in [0.1, 0.15) is 45.6 Å². The van der Waals surface area contributed by atoms with Crippen LogP contribution in [-0.4, -0.2) is 19.1 Å². The number of alkyl halides is 6. The Labute approximate surface area is 326 Å². The van der Waals surface area contributed by atoms with Gasteiger partial charge in [0, 0.05) is 56.0 Å². The lowest BCUT2D eigenvalue weighted by Crippen LogP contribution is -2.13. The first-order chi connectivity index (χ1) is 25.7. The summed E-state index contributed by atoms with van der Waals surface area (Å²) < 4.78 is 92.8. The van der Waals surface area contributed by atoms with E-state index >= 15 is 0 Å². The van der Waals surface area contributed by atoms with E-state index in [1.54, 1.807) is 86.0 Å². The van der Waals surface area contributed by atoms with Gasteiger partial charge in [-0.15, -0.1) is 0 Å². The molecule has 16 heteroatoms. The minimum Gasteiger partial charge on any atom is -0.367 e. The van der Waals surface area contributed by atoms with Gasteiger partial charge in [-0.1, -0.05) is 82.8 Å². The van der Waals surface area contributed by atoms with Crippen LogP contribution >= 0.6 is 46.4 Å². The van der Waals surface area contributed by atoms with Crippen molar-refractivity contribution in [3.63, 3.8) is 0 Å². The average Bonchev–Trinajstić information content (AvgIpc) is 3.84. The van der Waals surface area contributed by atoms with Gasteiger partial charge in [-0.05, 0) is 59.7 Å². The van der Waals surface area contributed by atoms with E-state index in [4.69, 9.17) is 55.9 Å². The number of ether oxygens (including phenoxy) is 2. The highest BCUT2D eigenvalue weighted by atomic mass is 35.5. The number of hydrogen-bond donors (Lipinski definition) is 0. The van der Waals surface area contributed by atoms with E-state index in [1.807, 2.05) is 9.13 Å². The summed E-state index contributed by atoms with van der Waals surface area (Å²) in [7, 11) is 0. The number of rotatable bonds is 12. The fourth-order valence-corrected chi connectivity index (χ4v) is 6.31. The second kappa shape index (κ2) is 18.5. The minimum absolute atomic E-state index is 0.00222. The molecule has 284 valence electrons. The molecule has 6 rings (SSSR count). The molecule has 2 atom stereocenters. The average molecular weight is 830 g/mol. The van der Waals surface area contributed by atoms with Crippen LogP contribution in [0.25, 0.3) is 0 Å². The maximum Gasteiger partial charge on any atom is 0.416 e. The molecule has 2 unspecified atom stereocenters. The summed E-state index contributed by atoms with van der Waals surface area (Å²) in [5.41, 5.74) is 0.818. The standard InChI is InChI=1S/2C19H15Cl2F3N2O/c2*20-15-4-5-16(17(21)9-15)18(10-26-7-6-25-12-26)27-11-13-2-1-3-14(8-13)19(22,23)24/h2*1-9,12,18H,10-11H2. The van der Waals surface area contributed by atoms with Crippen molar-refractivity contribution in [1.29, 1.82) is 0 Å². The maximum absolute atomic E-state index is 12.9. The van der Waals surface area contributed by atoms with Gasteiger partial charge in [-0.3, -0.25) is 0 Å². The zero-order valence-corrected chi connectivity index (χ0v) is 30.9. The van der Waals surface area contributed by atoms with Gasteiger partial charge in [0.2, 0.25) is 0 Å². The van der Waals surface area contributed by atoms with Gasteiger partial charge < -0.3 is 18.6 Å². The molecule has 0 aliphatic rings. The van der Waals surface area contributed by atoms with E-state index in [0.29, 0.717) is 55.4 Å².